The third kappa shape index (κ3) is 4.33. The van der Waals surface area contributed by atoms with Gasteiger partial charge in [0.1, 0.15) is 15.6 Å². The van der Waals surface area contributed by atoms with Gasteiger partial charge in [-0.1, -0.05) is 11.6 Å². The summed E-state index contributed by atoms with van der Waals surface area (Å²) in [6, 6.07) is 5.02. The average Bonchev–Trinajstić information content (AvgIpc) is 2.89. The van der Waals surface area contributed by atoms with Gasteiger partial charge in [-0.15, -0.1) is 11.3 Å². The fraction of sp³-hybridized carbons (Fsp3) is 0.235. The number of nitrogens with two attached hydrogens (primary N) is 1. The second-order valence-electron chi connectivity index (χ2n) is 5.36. The molecule has 0 fully saturated rings. The highest BCUT2D eigenvalue weighted by Crippen LogP contribution is 2.33. The number of carbonyl (C=O) groups is 3. The number of methoxy groups -OCH3 is 1. The molecule has 0 saturated carbocycles. The van der Waals surface area contributed by atoms with Crippen LogP contribution in [0.15, 0.2) is 18.2 Å². The van der Waals surface area contributed by atoms with Crippen molar-refractivity contribution in [1.29, 1.82) is 0 Å². The summed E-state index contributed by atoms with van der Waals surface area (Å²) in [6.45, 7) is 3.08. The number of benzene rings is 1. The van der Waals surface area contributed by atoms with Crippen LogP contribution in [0, 0.1) is 13.8 Å². The molecule has 0 spiro atoms. The third-order valence-electron chi connectivity index (χ3n) is 3.51. The predicted octanol–water partition coefficient (Wildman–Crippen LogP) is 2.92. The topological polar surface area (TPSA) is 108 Å². The molecule has 0 bridgehead atoms. The van der Waals surface area contributed by atoms with Gasteiger partial charge < -0.3 is 20.5 Å². The first-order chi connectivity index (χ1) is 12.2. The van der Waals surface area contributed by atoms with Crippen LogP contribution in [0.4, 0.5) is 5.00 Å². The van der Waals surface area contributed by atoms with E-state index in [-0.39, 0.29) is 22.0 Å². The minimum atomic E-state index is -0.751. The molecule has 0 saturated heterocycles. The Balaban J connectivity index is 2.15. The molecule has 1 aromatic carbocycles. The lowest BCUT2D eigenvalue weighted by Gasteiger charge is -2.09. The number of nitrogens with one attached hydrogen (secondary N) is 1. The number of halogens is 1. The first-order valence-electron chi connectivity index (χ1n) is 7.45. The highest BCUT2D eigenvalue weighted by atomic mass is 35.5. The molecule has 26 heavy (non-hydrogen) atoms. The molecule has 0 radical (unpaired) electrons. The summed E-state index contributed by atoms with van der Waals surface area (Å²) >= 11 is 6.80. The number of thiophene rings is 1. The summed E-state index contributed by atoms with van der Waals surface area (Å²) in [5.74, 6) is -1.35. The van der Waals surface area contributed by atoms with Crippen molar-refractivity contribution >= 4 is 45.7 Å². The molecule has 9 heteroatoms. The number of anilines is 1. The van der Waals surface area contributed by atoms with E-state index in [4.69, 9.17) is 22.1 Å². The highest BCUT2D eigenvalue weighted by molar-refractivity contribution is 7.18. The quantitative estimate of drug-likeness (QED) is 0.730. The van der Waals surface area contributed by atoms with Crippen molar-refractivity contribution < 1.29 is 23.9 Å². The minimum Gasteiger partial charge on any atom is -0.483 e. The smallest absolute Gasteiger partial charge is 0.348 e. The van der Waals surface area contributed by atoms with Gasteiger partial charge in [-0.2, -0.15) is 0 Å². The lowest BCUT2D eigenvalue weighted by Crippen LogP contribution is -2.22. The standard InChI is InChI=1S/C17H17ClN2O5S/c1-8-6-10(18)4-5-11(8)25-7-12(21)20-16-13(15(19)22)9(2)14(26-16)17(23)24-3/h4-6H,7H2,1-3H3,(H2,19,22)(H,20,21). The lowest BCUT2D eigenvalue weighted by atomic mass is 10.1. The zero-order valence-corrected chi connectivity index (χ0v) is 15.9. The second kappa shape index (κ2) is 8.20. The Morgan fingerprint density at radius 2 is 1.96 bits per heavy atom. The number of carbonyl (C=O) groups excluding carboxylic acids is 3. The molecule has 3 N–H and O–H groups in total. The highest BCUT2D eigenvalue weighted by Gasteiger charge is 2.24. The van der Waals surface area contributed by atoms with Gasteiger partial charge in [0.05, 0.1) is 12.7 Å². The number of hydrogen-bond acceptors (Lipinski definition) is 6. The number of hydrogen-bond donors (Lipinski definition) is 2. The Morgan fingerprint density at radius 3 is 2.54 bits per heavy atom. The summed E-state index contributed by atoms with van der Waals surface area (Å²) in [7, 11) is 1.23. The Morgan fingerprint density at radius 1 is 1.27 bits per heavy atom. The van der Waals surface area contributed by atoms with E-state index in [0.717, 1.165) is 16.9 Å². The van der Waals surface area contributed by atoms with E-state index < -0.39 is 17.8 Å². The van der Waals surface area contributed by atoms with Crippen molar-refractivity contribution in [3.63, 3.8) is 0 Å². The summed E-state index contributed by atoms with van der Waals surface area (Å²) in [4.78, 5) is 35.8. The second-order valence-corrected chi connectivity index (χ2v) is 6.82. The van der Waals surface area contributed by atoms with Crippen molar-refractivity contribution in [2.45, 2.75) is 13.8 Å². The number of rotatable bonds is 6. The summed E-state index contributed by atoms with van der Waals surface area (Å²) in [5, 5.41) is 3.30. The zero-order valence-electron chi connectivity index (χ0n) is 14.3. The number of esters is 1. The summed E-state index contributed by atoms with van der Waals surface area (Å²) in [5.41, 5.74) is 6.58. The van der Waals surface area contributed by atoms with E-state index in [2.05, 4.69) is 10.1 Å². The van der Waals surface area contributed by atoms with E-state index in [1.807, 2.05) is 0 Å². The van der Waals surface area contributed by atoms with E-state index >= 15 is 0 Å². The molecule has 2 aromatic rings. The number of ether oxygens (including phenoxy) is 2. The van der Waals surface area contributed by atoms with Gasteiger partial charge in [-0.25, -0.2) is 4.79 Å². The van der Waals surface area contributed by atoms with Gasteiger partial charge >= 0.3 is 5.97 Å². The molecular weight excluding hydrogens is 380 g/mol. The van der Waals surface area contributed by atoms with Crippen LogP contribution >= 0.6 is 22.9 Å². The van der Waals surface area contributed by atoms with Crippen LogP contribution in [-0.4, -0.2) is 31.5 Å². The third-order valence-corrected chi connectivity index (χ3v) is 4.94. The number of primary amides is 1. The molecule has 0 aliphatic rings. The minimum absolute atomic E-state index is 0.0754. The normalized spacial score (nSPS) is 10.3. The molecule has 0 unspecified atom stereocenters. The molecule has 0 atom stereocenters. The molecule has 2 amide bonds. The molecule has 138 valence electrons. The van der Waals surface area contributed by atoms with Crippen LogP contribution in [0.5, 0.6) is 5.75 Å². The first kappa shape index (κ1) is 19.7. The summed E-state index contributed by atoms with van der Waals surface area (Å²) in [6.07, 6.45) is 0. The van der Waals surface area contributed by atoms with Gasteiger partial charge in [0.25, 0.3) is 11.8 Å². The van der Waals surface area contributed by atoms with Crippen molar-refractivity contribution in [2.24, 2.45) is 5.73 Å². The maximum Gasteiger partial charge on any atom is 0.348 e. The average molecular weight is 397 g/mol. The van der Waals surface area contributed by atoms with E-state index in [1.165, 1.54) is 7.11 Å². The van der Waals surface area contributed by atoms with Gasteiger partial charge in [0, 0.05) is 5.02 Å². The van der Waals surface area contributed by atoms with E-state index in [9.17, 15) is 14.4 Å². The number of aryl methyl sites for hydroxylation is 1. The Kier molecular flexibility index (Phi) is 6.23. The molecular formula is C17H17ClN2O5S. The Labute approximate surface area is 159 Å². The van der Waals surface area contributed by atoms with Crippen LogP contribution in [0.3, 0.4) is 0 Å². The van der Waals surface area contributed by atoms with Gasteiger partial charge in [-0.3, -0.25) is 9.59 Å². The van der Waals surface area contributed by atoms with Crippen LogP contribution in [-0.2, 0) is 9.53 Å². The fourth-order valence-corrected chi connectivity index (χ4v) is 3.64. The molecule has 7 nitrogen and oxygen atoms in total. The van der Waals surface area contributed by atoms with Gasteiger partial charge in [0.2, 0.25) is 0 Å². The molecule has 0 aliphatic heterocycles. The largest absolute Gasteiger partial charge is 0.483 e. The lowest BCUT2D eigenvalue weighted by molar-refractivity contribution is -0.118. The Hall–Kier alpha value is -2.58. The Bertz CT molecular complexity index is 878. The number of amides is 2. The van der Waals surface area contributed by atoms with E-state index in [0.29, 0.717) is 16.3 Å². The van der Waals surface area contributed by atoms with Crippen molar-refractivity contribution in [3.05, 3.63) is 44.8 Å². The maximum atomic E-state index is 12.2. The fourth-order valence-electron chi connectivity index (χ4n) is 2.27. The SMILES string of the molecule is COC(=O)c1sc(NC(=O)COc2ccc(Cl)cc2C)c(C(N)=O)c1C. The molecule has 1 heterocycles. The maximum absolute atomic E-state index is 12.2. The van der Waals surface area contributed by atoms with Crippen LogP contribution in [0.2, 0.25) is 5.02 Å². The first-order valence-corrected chi connectivity index (χ1v) is 8.64. The van der Waals surface area contributed by atoms with Crippen LogP contribution < -0.4 is 15.8 Å². The summed E-state index contributed by atoms with van der Waals surface area (Å²) < 4.78 is 10.1. The van der Waals surface area contributed by atoms with Gasteiger partial charge in [0.15, 0.2) is 6.61 Å². The van der Waals surface area contributed by atoms with Gasteiger partial charge in [-0.05, 0) is 43.2 Å². The van der Waals surface area contributed by atoms with E-state index in [1.54, 1.807) is 32.0 Å². The van der Waals surface area contributed by atoms with Crippen molar-refractivity contribution in [2.75, 3.05) is 19.0 Å². The molecule has 0 aliphatic carbocycles. The molecule has 1 aromatic heterocycles. The van der Waals surface area contributed by atoms with Crippen molar-refractivity contribution in [1.82, 2.24) is 0 Å². The zero-order chi connectivity index (χ0) is 19.4. The van der Waals surface area contributed by atoms with Crippen LogP contribution in [0.25, 0.3) is 0 Å². The molecule has 2 rings (SSSR count). The van der Waals surface area contributed by atoms with Crippen molar-refractivity contribution in [3.8, 4) is 5.75 Å². The van der Waals surface area contributed by atoms with Crippen LogP contribution in [0.1, 0.15) is 31.2 Å². The predicted molar refractivity (Wildman–Crippen MR) is 99.2 cm³/mol. The monoisotopic (exact) mass is 396 g/mol.